The molecule has 148 valence electrons. The van der Waals surface area contributed by atoms with Gasteiger partial charge in [0.05, 0.1) is 12.5 Å². The predicted octanol–water partition coefficient (Wildman–Crippen LogP) is 3.37. The molecule has 8 heteroatoms. The van der Waals surface area contributed by atoms with Crippen molar-refractivity contribution in [2.45, 2.75) is 38.8 Å². The number of carboxylic acids is 1. The van der Waals surface area contributed by atoms with E-state index in [1.165, 1.54) is 0 Å². The van der Waals surface area contributed by atoms with Gasteiger partial charge in [-0.25, -0.2) is 4.79 Å². The molecule has 0 saturated heterocycles. The number of amides is 2. The topological polar surface area (TPSA) is 118 Å². The van der Waals surface area contributed by atoms with Crippen LogP contribution < -0.4 is 10.6 Å². The van der Waals surface area contributed by atoms with Crippen LogP contribution in [0, 0.1) is 0 Å². The molecule has 0 aliphatic rings. The lowest BCUT2D eigenvalue weighted by atomic mass is 10.0. The fourth-order valence-corrected chi connectivity index (χ4v) is 2.38. The second-order valence-electron chi connectivity index (χ2n) is 7.11. The van der Waals surface area contributed by atoms with E-state index < -0.39 is 23.7 Å². The van der Waals surface area contributed by atoms with Crippen LogP contribution in [0.5, 0.6) is 0 Å². The third-order valence-corrected chi connectivity index (χ3v) is 3.58. The maximum Gasteiger partial charge on any atom is 0.408 e. The summed E-state index contributed by atoms with van der Waals surface area (Å²) in [6.07, 6.45) is 2.11. The Balaban J connectivity index is 2.10. The molecule has 0 fully saturated rings. The van der Waals surface area contributed by atoms with E-state index in [1.54, 1.807) is 69.6 Å². The minimum absolute atomic E-state index is 0.312. The minimum atomic E-state index is -1.07. The normalized spacial score (nSPS) is 12.0. The number of alkyl carbamates (subject to hydrolysis) is 1. The Hall–Kier alpha value is -3.42. The van der Waals surface area contributed by atoms with Crippen LogP contribution >= 0.6 is 0 Å². The molecule has 0 aliphatic carbocycles. The number of rotatable bonds is 6. The highest BCUT2D eigenvalue weighted by Crippen LogP contribution is 2.19. The number of nitrogens with zero attached hydrogens (tertiary/aromatic N) is 1. The standard InChI is InChI=1S/C20H23N3O5/c1-20(2,3)28-19(27)23-16(12-17(24)25)13-4-6-14(7-5-13)18(26)22-15-8-10-21-11-9-15/h4-11,16H,12H2,1-3H3,(H,23,27)(H,24,25)(H,21,22,26)/t16-/m0/s1. The zero-order valence-corrected chi connectivity index (χ0v) is 15.9. The van der Waals surface area contributed by atoms with Gasteiger partial charge in [0.2, 0.25) is 0 Å². The summed E-state index contributed by atoms with van der Waals surface area (Å²) in [6, 6.07) is 8.89. The first-order valence-corrected chi connectivity index (χ1v) is 8.67. The smallest absolute Gasteiger partial charge is 0.408 e. The molecule has 1 heterocycles. The van der Waals surface area contributed by atoms with Crippen molar-refractivity contribution < 1.29 is 24.2 Å². The summed E-state index contributed by atoms with van der Waals surface area (Å²) in [6.45, 7) is 5.15. The largest absolute Gasteiger partial charge is 0.481 e. The molecule has 3 N–H and O–H groups in total. The SMILES string of the molecule is CC(C)(C)OC(=O)N[C@@H](CC(=O)O)c1ccc(C(=O)Nc2ccncc2)cc1. The van der Waals surface area contributed by atoms with Gasteiger partial charge < -0.3 is 20.5 Å². The van der Waals surface area contributed by atoms with Gasteiger partial charge in [-0.05, 0) is 50.6 Å². The van der Waals surface area contributed by atoms with Crippen molar-refractivity contribution in [1.82, 2.24) is 10.3 Å². The molecule has 0 aliphatic heterocycles. The molecule has 1 atom stereocenters. The molecule has 1 aromatic heterocycles. The average molecular weight is 385 g/mol. The van der Waals surface area contributed by atoms with Gasteiger partial charge in [0, 0.05) is 23.6 Å². The van der Waals surface area contributed by atoms with Crippen LogP contribution in [-0.4, -0.2) is 33.7 Å². The van der Waals surface area contributed by atoms with E-state index in [4.69, 9.17) is 9.84 Å². The number of ether oxygens (including phenoxy) is 1. The average Bonchev–Trinajstić information content (AvgIpc) is 2.60. The number of nitrogens with one attached hydrogen (secondary N) is 2. The fraction of sp³-hybridized carbons (Fsp3) is 0.300. The van der Waals surface area contributed by atoms with E-state index in [0.717, 1.165) is 0 Å². The Bertz CT molecular complexity index is 829. The number of carbonyl (C=O) groups excluding carboxylic acids is 2. The predicted molar refractivity (Wildman–Crippen MR) is 103 cm³/mol. The number of anilines is 1. The van der Waals surface area contributed by atoms with Crippen molar-refractivity contribution in [3.05, 3.63) is 59.9 Å². The second kappa shape index (κ2) is 8.98. The van der Waals surface area contributed by atoms with E-state index in [0.29, 0.717) is 16.8 Å². The number of carbonyl (C=O) groups is 3. The molecule has 0 spiro atoms. The zero-order chi connectivity index (χ0) is 20.7. The molecule has 0 saturated carbocycles. The summed E-state index contributed by atoms with van der Waals surface area (Å²) in [4.78, 5) is 39.3. The van der Waals surface area contributed by atoms with Crippen LogP contribution in [0.3, 0.4) is 0 Å². The van der Waals surface area contributed by atoms with Gasteiger partial charge in [-0.2, -0.15) is 0 Å². The number of hydrogen-bond donors (Lipinski definition) is 3. The number of pyridine rings is 1. The Labute approximate surface area is 162 Å². The summed E-state index contributed by atoms with van der Waals surface area (Å²) in [5, 5.41) is 14.4. The molecular formula is C20H23N3O5. The van der Waals surface area contributed by atoms with E-state index in [9.17, 15) is 14.4 Å². The lowest BCUT2D eigenvalue weighted by molar-refractivity contribution is -0.137. The molecule has 2 aromatic rings. The van der Waals surface area contributed by atoms with Crippen LogP contribution in [0.25, 0.3) is 0 Å². The first kappa shape index (κ1) is 20.9. The molecule has 0 bridgehead atoms. The highest BCUT2D eigenvalue weighted by molar-refractivity contribution is 6.04. The molecule has 0 unspecified atom stereocenters. The van der Waals surface area contributed by atoms with E-state index in [-0.39, 0.29) is 12.3 Å². The maximum absolute atomic E-state index is 12.3. The Morgan fingerprint density at radius 1 is 1.07 bits per heavy atom. The molecule has 2 rings (SSSR count). The van der Waals surface area contributed by atoms with Gasteiger partial charge >= 0.3 is 12.1 Å². The molecule has 8 nitrogen and oxygen atoms in total. The van der Waals surface area contributed by atoms with Crippen LogP contribution in [0.1, 0.15) is 49.2 Å². The molecular weight excluding hydrogens is 362 g/mol. The van der Waals surface area contributed by atoms with Crippen LogP contribution in [-0.2, 0) is 9.53 Å². The van der Waals surface area contributed by atoms with Crippen molar-refractivity contribution >= 4 is 23.7 Å². The molecule has 2 amide bonds. The molecule has 1 aromatic carbocycles. The van der Waals surface area contributed by atoms with Crippen LogP contribution in [0.4, 0.5) is 10.5 Å². The first-order chi connectivity index (χ1) is 13.1. The summed E-state index contributed by atoms with van der Waals surface area (Å²) >= 11 is 0. The van der Waals surface area contributed by atoms with E-state index in [2.05, 4.69) is 15.6 Å². The second-order valence-corrected chi connectivity index (χ2v) is 7.11. The lowest BCUT2D eigenvalue weighted by Crippen LogP contribution is -2.35. The van der Waals surface area contributed by atoms with Gasteiger partial charge in [0.25, 0.3) is 5.91 Å². The maximum atomic E-state index is 12.3. The summed E-state index contributed by atoms with van der Waals surface area (Å²) in [5.74, 6) is -1.38. The van der Waals surface area contributed by atoms with Gasteiger partial charge in [-0.15, -0.1) is 0 Å². The van der Waals surface area contributed by atoms with Crippen molar-refractivity contribution in [2.75, 3.05) is 5.32 Å². The Morgan fingerprint density at radius 3 is 2.21 bits per heavy atom. The quantitative estimate of drug-likeness (QED) is 0.702. The molecule has 0 radical (unpaired) electrons. The molecule has 28 heavy (non-hydrogen) atoms. The fourth-order valence-electron chi connectivity index (χ4n) is 2.38. The van der Waals surface area contributed by atoms with Crippen molar-refractivity contribution in [1.29, 1.82) is 0 Å². The number of hydrogen-bond acceptors (Lipinski definition) is 5. The van der Waals surface area contributed by atoms with E-state index in [1.807, 2.05) is 0 Å². The van der Waals surface area contributed by atoms with Gasteiger partial charge in [-0.1, -0.05) is 12.1 Å². The number of benzene rings is 1. The summed E-state index contributed by atoms with van der Waals surface area (Å²) in [5.41, 5.74) is 0.854. The minimum Gasteiger partial charge on any atom is -0.481 e. The highest BCUT2D eigenvalue weighted by atomic mass is 16.6. The highest BCUT2D eigenvalue weighted by Gasteiger charge is 2.22. The number of aromatic nitrogens is 1. The first-order valence-electron chi connectivity index (χ1n) is 8.67. The Kier molecular flexibility index (Phi) is 6.70. The van der Waals surface area contributed by atoms with Crippen molar-refractivity contribution in [3.8, 4) is 0 Å². The van der Waals surface area contributed by atoms with E-state index >= 15 is 0 Å². The van der Waals surface area contributed by atoms with Crippen molar-refractivity contribution in [3.63, 3.8) is 0 Å². The monoisotopic (exact) mass is 385 g/mol. The van der Waals surface area contributed by atoms with Crippen LogP contribution in [0.2, 0.25) is 0 Å². The number of aliphatic carboxylic acids is 1. The van der Waals surface area contributed by atoms with Gasteiger partial charge in [-0.3, -0.25) is 14.6 Å². The Morgan fingerprint density at radius 2 is 1.68 bits per heavy atom. The van der Waals surface area contributed by atoms with Crippen LogP contribution in [0.15, 0.2) is 48.8 Å². The van der Waals surface area contributed by atoms with Gasteiger partial charge in [0.1, 0.15) is 5.60 Å². The van der Waals surface area contributed by atoms with Gasteiger partial charge in [0.15, 0.2) is 0 Å². The summed E-state index contributed by atoms with van der Waals surface area (Å²) in [7, 11) is 0. The lowest BCUT2D eigenvalue weighted by Gasteiger charge is -2.23. The zero-order valence-electron chi connectivity index (χ0n) is 15.9. The third-order valence-electron chi connectivity index (χ3n) is 3.58. The third kappa shape index (κ3) is 6.71. The number of carboxylic acid groups (broad SMARTS) is 1. The van der Waals surface area contributed by atoms with Crippen molar-refractivity contribution in [2.24, 2.45) is 0 Å². The summed E-state index contributed by atoms with van der Waals surface area (Å²) < 4.78 is 5.19.